The number of benzene rings is 1. The normalized spacial score (nSPS) is 11.9. The van der Waals surface area contributed by atoms with Crippen molar-refractivity contribution in [3.63, 3.8) is 0 Å². The molecule has 9 heteroatoms. The van der Waals surface area contributed by atoms with Gasteiger partial charge in [0, 0.05) is 50.0 Å². The van der Waals surface area contributed by atoms with Crippen LogP contribution in [0.5, 0.6) is 0 Å². The standard InChI is InChI=1S/C18H21FN4O3Si/c1-27(2,3)9-8-26-12-22-16-5-4-14(23(24)25)11-15(16)18(21-22)13-6-7-20-17(19)10-13/h4-7,10-11H,8-9,12H2,1-3H3. The van der Waals surface area contributed by atoms with Gasteiger partial charge < -0.3 is 4.74 Å². The Morgan fingerprint density at radius 2 is 2.04 bits per heavy atom. The second-order valence-corrected chi connectivity index (χ2v) is 13.1. The van der Waals surface area contributed by atoms with Crippen LogP contribution >= 0.6 is 0 Å². The average Bonchev–Trinajstić information content (AvgIpc) is 2.96. The molecular formula is C18H21FN4O3Si. The fraction of sp³-hybridized carbons (Fsp3) is 0.333. The topological polar surface area (TPSA) is 83.1 Å². The molecular weight excluding hydrogens is 367 g/mol. The van der Waals surface area contributed by atoms with Crippen molar-refractivity contribution in [2.75, 3.05) is 6.61 Å². The molecule has 142 valence electrons. The van der Waals surface area contributed by atoms with Gasteiger partial charge >= 0.3 is 0 Å². The summed E-state index contributed by atoms with van der Waals surface area (Å²) in [5.74, 6) is -0.632. The summed E-state index contributed by atoms with van der Waals surface area (Å²) in [5.41, 5.74) is 1.62. The minimum Gasteiger partial charge on any atom is -0.360 e. The van der Waals surface area contributed by atoms with E-state index in [0.29, 0.717) is 28.8 Å². The van der Waals surface area contributed by atoms with Crippen LogP contribution in [0.4, 0.5) is 10.1 Å². The molecule has 0 spiro atoms. The zero-order valence-electron chi connectivity index (χ0n) is 15.5. The molecule has 2 aromatic heterocycles. The Morgan fingerprint density at radius 1 is 1.26 bits per heavy atom. The predicted octanol–water partition coefficient (Wildman–Crippen LogP) is 4.46. The third-order valence-corrected chi connectivity index (χ3v) is 5.86. The molecule has 0 amide bonds. The Labute approximate surface area is 156 Å². The molecule has 0 aliphatic heterocycles. The summed E-state index contributed by atoms with van der Waals surface area (Å²) in [6.45, 7) is 7.67. The fourth-order valence-corrected chi connectivity index (χ4v) is 3.43. The Balaban J connectivity index is 1.98. The van der Waals surface area contributed by atoms with E-state index in [1.54, 1.807) is 16.8 Å². The van der Waals surface area contributed by atoms with Gasteiger partial charge in [-0.3, -0.25) is 10.1 Å². The Morgan fingerprint density at radius 3 is 2.70 bits per heavy atom. The maximum absolute atomic E-state index is 13.6. The SMILES string of the molecule is C[Si](C)(C)CCOCn1nc(-c2ccnc(F)c2)c2cc([N+](=O)[O-])ccc21. The highest BCUT2D eigenvalue weighted by Gasteiger charge is 2.18. The number of hydrogen-bond donors (Lipinski definition) is 0. The summed E-state index contributed by atoms with van der Waals surface area (Å²) in [4.78, 5) is 14.2. The van der Waals surface area contributed by atoms with E-state index in [-0.39, 0.29) is 12.4 Å². The van der Waals surface area contributed by atoms with Gasteiger partial charge in [-0.2, -0.15) is 9.49 Å². The number of pyridine rings is 1. The van der Waals surface area contributed by atoms with E-state index in [1.165, 1.54) is 24.4 Å². The van der Waals surface area contributed by atoms with E-state index in [2.05, 4.69) is 29.7 Å². The maximum Gasteiger partial charge on any atom is 0.270 e. The van der Waals surface area contributed by atoms with Crippen molar-refractivity contribution < 1.29 is 14.1 Å². The molecule has 0 aliphatic rings. The molecule has 2 heterocycles. The van der Waals surface area contributed by atoms with Crippen LogP contribution < -0.4 is 0 Å². The van der Waals surface area contributed by atoms with Crippen LogP contribution in [0.3, 0.4) is 0 Å². The average molecular weight is 388 g/mol. The van der Waals surface area contributed by atoms with Crippen LogP contribution in [0.15, 0.2) is 36.5 Å². The molecule has 0 saturated heterocycles. The summed E-state index contributed by atoms with van der Waals surface area (Å²) in [6.07, 6.45) is 1.34. The van der Waals surface area contributed by atoms with Crippen LogP contribution in [-0.2, 0) is 11.5 Å². The molecule has 3 aromatic rings. The first-order chi connectivity index (χ1) is 12.7. The number of aromatic nitrogens is 3. The molecule has 0 saturated carbocycles. The lowest BCUT2D eigenvalue weighted by Gasteiger charge is -2.15. The summed E-state index contributed by atoms with van der Waals surface area (Å²) >= 11 is 0. The third-order valence-electron chi connectivity index (χ3n) is 4.15. The van der Waals surface area contributed by atoms with Crippen LogP contribution in [0.25, 0.3) is 22.2 Å². The molecule has 0 aliphatic carbocycles. The van der Waals surface area contributed by atoms with E-state index in [1.807, 2.05) is 0 Å². The second-order valence-electron chi connectivity index (χ2n) is 7.52. The molecule has 0 radical (unpaired) electrons. The van der Waals surface area contributed by atoms with E-state index in [0.717, 1.165) is 6.04 Å². The summed E-state index contributed by atoms with van der Waals surface area (Å²) < 4.78 is 21.0. The molecule has 0 unspecified atom stereocenters. The molecule has 0 bridgehead atoms. The van der Waals surface area contributed by atoms with E-state index in [9.17, 15) is 14.5 Å². The zero-order valence-corrected chi connectivity index (χ0v) is 16.5. The number of ether oxygens (including phenoxy) is 1. The van der Waals surface area contributed by atoms with Gasteiger partial charge in [-0.25, -0.2) is 9.67 Å². The largest absolute Gasteiger partial charge is 0.360 e. The summed E-state index contributed by atoms with van der Waals surface area (Å²) in [7, 11) is -1.20. The van der Waals surface area contributed by atoms with Crippen molar-refractivity contribution in [3.8, 4) is 11.3 Å². The minimum absolute atomic E-state index is 0.0440. The monoisotopic (exact) mass is 388 g/mol. The fourth-order valence-electron chi connectivity index (χ4n) is 2.67. The van der Waals surface area contributed by atoms with Crippen LogP contribution in [0.2, 0.25) is 25.7 Å². The molecule has 0 N–H and O–H groups in total. The lowest BCUT2D eigenvalue weighted by atomic mass is 10.1. The highest BCUT2D eigenvalue weighted by Crippen LogP contribution is 2.31. The predicted molar refractivity (Wildman–Crippen MR) is 104 cm³/mol. The first kappa shape index (κ1) is 19.1. The van der Waals surface area contributed by atoms with Gasteiger partial charge in [0.05, 0.1) is 10.4 Å². The van der Waals surface area contributed by atoms with Gasteiger partial charge in [0.25, 0.3) is 5.69 Å². The Bertz CT molecular complexity index is 984. The van der Waals surface area contributed by atoms with Gasteiger partial charge in [-0.15, -0.1) is 0 Å². The zero-order chi connectivity index (χ0) is 19.6. The second kappa shape index (κ2) is 7.53. The molecule has 0 fully saturated rings. The van der Waals surface area contributed by atoms with Gasteiger partial charge in [0.2, 0.25) is 5.95 Å². The van der Waals surface area contributed by atoms with E-state index in [4.69, 9.17) is 4.74 Å². The van der Waals surface area contributed by atoms with Crippen molar-refractivity contribution in [1.82, 2.24) is 14.8 Å². The Hall–Kier alpha value is -2.65. The van der Waals surface area contributed by atoms with E-state index >= 15 is 0 Å². The van der Waals surface area contributed by atoms with Crippen LogP contribution in [0.1, 0.15) is 0 Å². The van der Waals surface area contributed by atoms with Crippen molar-refractivity contribution >= 4 is 24.7 Å². The van der Waals surface area contributed by atoms with Crippen molar-refractivity contribution in [1.29, 1.82) is 0 Å². The van der Waals surface area contributed by atoms with Gasteiger partial charge in [-0.1, -0.05) is 19.6 Å². The molecule has 1 aromatic carbocycles. The number of nitrogens with zero attached hydrogens (tertiary/aromatic N) is 4. The highest BCUT2D eigenvalue weighted by molar-refractivity contribution is 6.76. The number of hydrogen-bond acceptors (Lipinski definition) is 5. The number of nitro benzene ring substituents is 1. The maximum atomic E-state index is 13.6. The van der Waals surface area contributed by atoms with Crippen LogP contribution in [0, 0.1) is 16.1 Å². The van der Waals surface area contributed by atoms with Gasteiger partial charge in [0.15, 0.2) is 0 Å². The van der Waals surface area contributed by atoms with Crippen LogP contribution in [-0.4, -0.2) is 34.4 Å². The quantitative estimate of drug-likeness (QED) is 0.196. The van der Waals surface area contributed by atoms with E-state index < -0.39 is 18.9 Å². The number of fused-ring (bicyclic) bond motifs is 1. The number of rotatable bonds is 7. The first-order valence-corrected chi connectivity index (χ1v) is 12.3. The summed E-state index contributed by atoms with van der Waals surface area (Å²) in [5, 5.41) is 16.2. The van der Waals surface area contributed by atoms with Gasteiger partial charge in [-0.05, 0) is 18.2 Å². The number of halogens is 1. The first-order valence-electron chi connectivity index (χ1n) is 8.59. The lowest BCUT2D eigenvalue weighted by molar-refractivity contribution is -0.384. The molecule has 7 nitrogen and oxygen atoms in total. The highest BCUT2D eigenvalue weighted by atomic mass is 28.3. The smallest absolute Gasteiger partial charge is 0.270 e. The van der Waals surface area contributed by atoms with Crippen molar-refractivity contribution in [3.05, 3.63) is 52.6 Å². The Kier molecular flexibility index (Phi) is 5.33. The molecule has 0 atom stereocenters. The minimum atomic E-state index is -1.20. The lowest BCUT2D eigenvalue weighted by Crippen LogP contribution is -2.22. The van der Waals surface area contributed by atoms with Crippen molar-refractivity contribution in [2.24, 2.45) is 0 Å². The number of nitro groups is 1. The molecule has 3 rings (SSSR count). The molecule has 27 heavy (non-hydrogen) atoms. The van der Waals surface area contributed by atoms with Gasteiger partial charge in [0.1, 0.15) is 12.4 Å². The number of non-ortho nitro benzene ring substituents is 1. The third kappa shape index (κ3) is 4.55. The summed E-state index contributed by atoms with van der Waals surface area (Å²) in [6, 6.07) is 8.44. The van der Waals surface area contributed by atoms with Crippen molar-refractivity contribution in [2.45, 2.75) is 32.4 Å².